The fourth-order valence-electron chi connectivity index (χ4n) is 3.08. The third kappa shape index (κ3) is 4.42. The van der Waals surface area contributed by atoms with E-state index in [1.807, 2.05) is 60.0 Å². The van der Waals surface area contributed by atoms with Crippen molar-refractivity contribution < 1.29 is 14.6 Å². The molecule has 0 spiro atoms. The Hall–Kier alpha value is -2.89. The Labute approximate surface area is 181 Å². The van der Waals surface area contributed by atoms with Crippen LogP contribution in [0.25, 0.3) is 21.6 Å². The fraction of sp³-hybridized carbons (Fsp3) is 0.0417. The zero-order valence-electron chi connectivity index (χ0n) is 15.3. The predicted molar refractivity (Wildman–Crippen MR) is 121 cm³/mol. The number of aromatic carboxylic acids is 1. The molecule has 29 heavy (non-hydrogen) atoms. The SMILES string of the molecule is O=C(O)c1ccc(-c2sccc2-c2cc(Br)ccc2OCc2ccccc2)cc1. The third-order valence-corrected chi connectivity index (χ3v) is 5.98. The number of rotatable bonds is 6. The van der Waals surface area contributed by atoms with Crippen molar-refractivity contribution >= 4 is 33.2 Å². The lowest BCUT2D eigenvalue weighted by Crippen LogP contribution is -1.97. The summed E-state index contributed by atoms with van der Waals surface area (Å²) >= 11 is 5.19. The normalized spacial score (nSPS) is 10.7. The van der Waals surface area contributed by atoms with Crippen molar-refractivity contribution in [2.75, 3.05) is 0 Å². The van der Waals surface area contributed by atoms with Crippen LogP contribution in [0.5, 0.6) is 5.75 Å². The van der Waals surface area contributed by atoms with Crippen LogP contribution in [0.15, 0.2) is 88.7 Å². The van der Waals surface area contributed by atoms with Crippen LogP contribution < -0.4 is 4.74 Å². The van der Waals surface area contributed by atoms with Crippen LogP contribution in [0.3, 0.4) is 0 Å². The van der Waals surface area contributed by atoms with Crippen molar-refractivity contribution in [3.8, 4) is 27.3 Å². The predicted octanol–water partition coefficient (Wildman–Crippen LogP) is 7.12. The highest BCUT2D eigenvalue weighted by Crippen LogP contribution is 2.42. The Bertz CT molecular complexity index is 1130. The molecule has 1 heterocycles. The lowest BCUT2D eigenvalue weighted by atomic mass is 10.0. The average Bonchev–Trinajstić information content (AvgIpc) is 3.23. The summed E-state index contributed by atoms with van der Waals surface area (Å²) in [6.45, 7) is 0.488. The molecule has 1 N–H and O–H groups in total. The Kier molecular flexibility index (Phi) is 5.79. The summed E-state index contributed by atoms with van der Waals surface area (Å²) in [4.78, 5) is 12.2. The molecular formula is C24H17BrO3S. The smallest absolute Gasteiger partial charge is 0.335 e. The first-order valence-electron chi connectivity index (χ1n) is 8.99. The van der Waals surface area contributed by atoms with E-state index < -0.39 is 5.97 Å². The molecule has 0 unspecified atom stereocenters. The molecule has 0 bridgehead atoms. The van der Waals surface area contributed by atoms with E-state index in [1.165, 1.54) is 0 Å². The Morgan fingerprint density at radius 1 is 0.931 bits per heavy atom. The Morgan fingerprint density at radius 2 is 1.69 bits per heavy atom. The number of thiophene rings is 1. The molecule has 0 aliphatic heterocycles. The number of halogens is 1. The van der Waals surface area contributed by atoms with E-state index in [1.54, 1.807) is 23.5 Å². The summed E-state index contributed by atoms with van der Waals surface area (Å²) in [5.74, 6) is -0.120. The van der Waals surface area contributed by atoms with Gasteiger partial charge in [0, 0.05) is 20.5 Å². The first kappa shape index (κ1) is 19.4. The zero-order valence-corrected chi connectivity index (χ0v) is 17.7. The van der Waals surface area contributed by atoms with Gasteiger partial charge >= 0.3 is 5.97 Å². The van der Waals surface area contributed by atoms with E-state index in [9.17, 15) is 4.79 Å². The second kappa shape index (κ2) is 8.64. The highest BCUT2D eigenvalue weighted by molar-refractivity contribution is 9.10. The monoisotopic (exact) mass is 464 g/mol. The van der Waals surface area contributed by atoms with E-state index in [0.717, 1.165) is 37.4 Å². The maximum atomic E-state index is 11.1. The van der Waals surface area contributed by atoms with Crippen LogP contribution in [0.1, 0.15) is 15.9 Å². The molecular weight excluding hydrogens is 448 g/mol. The summed E-state index contributed by atoms with van der Waals surface area (Å²) in [5, 5.41) is 11.2. The number of carbonyl (C=O) groups is 1. The minimum absolute atomic E-state index is 0.279. The molecule has 4 rings (SSSR count). The standard InChI is InChI=1S/C24H17BrO3S/c25-19-10-11-22(28-15-16-4-2-1-3-5-16)21(14-19)20-12-13-29-23(20)17-6-8-18(9-7-17)24(26)27/h1-14H,15H2,(H,26,27). The van der Waals surface area contributed by atoms with Crippen LogP contribution in [-0.4, -0.2) is 11.1 Å². The van der Waals surface area contributed by atoms with Gasteiger partial charge in [0.25, 0.3) is 0 Å². The summed E-state index contributed by atoms with van der Waals surface area (Å²) in [6, 6.07) is 25.1. The van der Waals surface area contributed by atoms with E-state index in [-0.39, 0.29) is 5.56 Å². The minimum atomic E-state index is -0.924. The number of hydrogen-bond acceptors (Lipinski definition) is 3. The Balaban J connectivity index is 1.69. The summed E-state index contributed by atoms with van der Waals surface area (Å²) in [7, 11) is 0. The lowest BCUT2D eigenvalue weighted by molar-refractivity contribution is 0.0697. The van der Waals surface area contributed by atoms with Gasteiger partial charge in [0.1, 0.15) is 12.4 Å². The molecule has 0 fully saturated rings. The molecule has 4 aromatic rings. The van der Waals surface area contributed by atoms with Gasteiger partial charge in [-0.25, -0.2) is 4.79 Å². The van der Waals surface area contributed by atoms with Crippen molar-refractivity contribution in [1.82, 2.24) is 0 Å². The van der Waals surface area contributed by atoms with Gasteiger partial charge < -0.3 is 9.84 Å². The molecule has 0 aliphatic carbocycles. The summed E-state index contributed by atoms with van der Waals surface area (Å²) in [5.41, 5.74) is 4.42. The molecule has 0 aliphatic rings. The third-order valence-electron chi connectivity index (χ3n) is 4.53. The molecule has 0 radical (unpaired) electrons. The van der Waals surface area contributed by atoms with E-state index in [2.05, 4.69) is 28.1 Å². The van der Waals surface area contributed by atoms with Crippen LogP contribution >= 0.6 is 27.3 Å². The molecule has 5 heteroatoms. The lowest BCUT2D eigenvalue weighted by Gasteiger charge is -2.13. The molecule has 1 aromatic heterocycles. The van der Waals surface area contributed by atoms with E-state index >= 15 is 0 Å². The number of carboxylic acids is 1. The molecule has 0 amide bonds. The highest BCUT2D eigenvalue weighted by atomic mass is 79.9. The van der Waals surface area contributed by atoms with Gasteiger partial charge in [-0.1, -0.05) is 58.4 Å². The summed E-state index contributed by atoms with van der Waals surface area (Å²) in [6.07, 6.45) is 0. The van der Waals surface area contributed by atoms with E-state index in [4.69, 9.17) is 9.84 Å². The largest absolute Gasteiger partial charge is 0.488 e. The quantitative estimate of drug-likeness (QED) is 0.330. The van der Waals surface area contributed by atoms with Crippen LogP contribution in [-0.2, 0) is 6.61 Å². The number of benzene rings is 3. The number of ether oxygens (including phenoxy) is 1. The zero-order chi connectivity index (χ0) is 20.2. The van der Waals surface area contributed by atoms with Gasteiger partial charge in [0.05, 0.1) is 5.56 Å². The first-order valence-corrected chi connectivity index (χ1v) is 10.7. The minimum Gasteiger partial charge on any atom is -0.488 e. The number of carboxylic acid groups (broad SMARTS) is 1. The van der Waals surface area contributed by atoms with Gasteiger partial charge in [0.15, 0.2) is 0 Å². The van der Waals surface area contributed by atoms with Crippen molar-refractivity contribution in [3.05, 3.63) is 99.8 Å². The van der Waals surface area contributed by atoms with Gasteiger partial charge in [-0.05, 0) is 52.9 Å². The summed E-state index contributed by atoms with van der Waals surface area (Å²) < 4.78 is 7.12. The number of hydrogen-bond donors (Lipinski definition) is 1. The molecule has 0 atom stereocenters. The van der Waals surface area contributed by atoms with Gasteiger partial charge in [-0.2, -0.15) is 0 Å². The molecule has 3 aromatic carbocycles. The highest BCUT2D eigenvalue weighted by Gasteiger charge is 2.15. The van der Waals surface area contributed by atoms with Crippen molar-refractivity contribution in [1.29, 1.82) is 0 Å². The van der Waals surface area contributed by atoms with E-state index in [0.29, 0.717) is 6.61 Å². The topological polar surface area (TPSA) is 46.5 Å². The molecule has 0 saturated heterocycles. The van der Waals surface area contributed by atoms with Gasteiger partial charge in [0.2, 0.25) is 0 Å². The van der Waals surface area contributed by atoms with Crippen LogP contribution in [0.2, 0.25) is 0 Å². The second-order valence-corrected chi connectivity index (χ2v) is 8.29. The van der Waals surface area contributed by atoms with Crippen molar-refractivity contribution in [3.63, 3.8) is 0 Å². The first-order chi connectivity index (χ1) is 14.1. The van der Waals surface area contributed by atoms with Gasteiger partial charge in [-0.3, -0.25) is 0 Å². The Morgan fingerprint density at radius 3 is 2.41 bits per heavy atom. The maximum Gasteiger partial charge on any atom is 0.335 e. The second-order valence-electron chi connectivity index (χ2n) is 6.46. The van der Waals surface area contributed by atoms with Crippen LogP contribution in [0.4, 0.5) is 0 Å². The fourth-order valence-corrected chi connectivity index (χ4v) is 4.36. The molecule has 144 valence electrons. The van der Waals surface area contributed by atoms with Crippen molar-refractivity contribution in [2.24, 2.45) is 0 Å². The van der Waals surface area contributed by atoms with Crippen LogP contribution in [0, 0.1) is 0 Å². The van der Waals surface area contributed by atoms with Gasteiger partial charge in [-0.15, -0.1) is 11.3 Å². The maximum absolute atomic E-state index is 11.1. The molecule has 3 nitrogen and oxygen atoms in total. The average molecular weight is 465 g/mol. The van der Waals surface area contributed by atoms with Crippen molar-refractivity contribution in [2.45, 2.75) is 6.61 Å². The molecule has 0 saturated carbocycles.